The molecule has 4 aliphatic carbocycles. The van der Waals surface area contributed by atoms with Crippen LogP contribution in [0.2, 0.25) is 0 Å². The van der Waals surface area contributed by atoms with Gasteiger partial charge >= 0.3 is 7.69 Å². The molecule has 4 aliphatic rings. The molecule has 0 amide bonds. The maximum atomic E-state index is 7.00. The first-order valence-electron chi connectivity index (χ1n) is 11.2. The summed E-state index contributed by atoms with van der Waals surface area (Å²) in [6.07, 6.45) is 8.36. The van der Waals surface area contributed by atoms with Crippen molar-refractivity contribution in [2.45, 2.75) is 71.3 Å². The smallest absolute Gasteiger partial charge is 0.482 e. The molecule has 0 heterocycles. The van der Waals surface area contributed by atoms with E-state index in [4.69, 9.17) is 14.8 Å². The predicted octanol–water partition coefficient (Wildman–Crippen LogP) is 5.33. The molecule has 2 unspecified atom stereocenters. The summed E-state index contributed by atoms with van der Waals surface area (Å²) in [5.41, 5.74) is 5.47. The normalized spacial score (nSPS) is 33.6. The first-order valence-corrected chi connectivity index (χ1v) is 11.2. The van der Waals surface area contributed by atoms with Crippen molar-refractivity contribution in [3.8, 4) is 5.75 Å². The van der Waals surface area contributed by atoms with Crippen molar-refractivity contribution in [2.75, 3.05) is 0 Å². The van der Waals surface area contributed by atoms with Crippen molar-refractivity contribution in [2.24, 2.45) is 16.7 Å². The van der Waals surface area contributed by atoms with Crippen molar-refractivity contribution < 1.29 is 14.8 Å². The standard InChI is InChI=1S/C26H32O.BH2O2/c1-19-9-10-23(27-15-20-7-5-4-6-8-20)22(11-19)26-14-21-12-24(2,17-26)16-25(3,13-21)18-26;2-1-3/h4-11,21H,12-18H2,1-3H3;2-3H. The van der Waals surface area contributed by atoms with Gasteiger partial charge in [-0.2, -0.15) is 0 Å². The highest BCUT2D eigenvalue weighted by Gasteiger charge is 2.61. The third kappa shape index (κ3) is 4.17. The van der Waals surface area contributed by atoms with Gasteiger partial charge in [-0.1, -0.05) is 61.9 Å². The largest absolute Gasteiger partial charge is 0.489 e. The van der Waals surface area contributed by atoms with Crippen LogP contribution in [0.25, 0.3) is 0 Å². The molecule has 4 bridgehead atoms. The fourth-order valence-corrected chi connectivity index (χ4v) is 7.67. The Morgan fingerprint density at radius 3 is 2.17 bits per heavy atom. The van der Waals surface area contributed by atoms with Crippen LogP contribution < -0.4 is 4.74 Å². The predicted molar refractivity (Wildman–Crippen MR) is 121 cm³/mol. The van der Waals surface area contributed by atoms with Gasteiger partial charge in [0.25, 0.3) is 0 Å². The Kier molecular flexibility index (Phi) is 5.76. The van der Waals surface area contributed by atoms with E-state index < -0.39 is 0 Å². The Bertz CT molecular complexity index is 863. The van der Waals surface area contributed by atoms with Gasteiger partial charge in [-0.15, -0.1) is 0 Å². The molecule has 2 N–H and O–H groups in total. The van der Waals surface area contributed by atoms with Crippen molar-refractivity contribution in [1.29, 1.82) is 0 Å². The first kappa shape index (κ1) is 21.5. The highest BCUT2D eigenvalue weighted by Crippen LogP contribution is 2.70. The van der Waals surface area contributed by atoms with Gasteiger partial charge in [-0.3, -0.25) is 0 Å². The lowest BCUT2D eigenvalue weighted by molar-refractivity contribution is -0.110. The molecule has 30 heavy (non-hydrogen) atoms. The van der Waals surface area contributed by atoms with Gasteiger partial charge in [0.2, 0.25) is 0 Å². The zero-order valence-corrected chi connectivity index (χ0v) is 18.5. The van der Waals surface area contributed by atoms with Gasteiger partial charge in [0.05, 0.1) is 0 Å². The average Bonchev–Trinajstić information content (AvgIpc) is 2.65. The summed E-state index contributed by atoms with van der Waals surface area (Å²) in [6.45, 7) is 8.01. The third-order valence-electron chi connectivity index (χ3n) is 7.57. The quantitative estimate of drug-likeness (QED) is 0.677. The maximum Gasteiger partial charge on any atom is 0.482 e. The Balaban J connectivity index is 0.000000687. The number of aryl methyl sites for hydroxylation is 1. The fraction of sp³-hybridized carbons (Fsp3) is 0.538. The molecule has 0 spiro atoms. The van der Waals surface area contributed by atoms with E-state index in [1.807, 2.05) is 0 Å². The lowest BCUT2D eigenvalue weighted by Gasteiger charge is -2.65. The summed E-state index contributed by atoms with van der Waals surface area (Å²) in [5.74, 6) is 2.03. The number of rotatable bonds is 4. The minimum absolute atomic E-state index is 0. The van der Waals surface area contributed by atoms with E-state index in [2.05, 4.69) is 69.3 Å². The third-order valence-corrected chi connectivity index (χ3v) is 7.57. The molecule has 0 aliphatic heterocycles. The molecular weight excluding hydrogens is 371 g/mol. The van der Waals surface area contributed by atoms with Crippen molar-refractivity contribution >= 4 is 7.69 Å². The lowest BCUT2D eigenvalue weighted by atomic mass is 9.39. The van der Waals surface area contributed by atoms with Gasteiger partial charge in [-0.25, -0.2) is 0 Å². The molecule has 1 radical (unpaired) electrons. The second-order valence-corrected chi connectivity index (χ2v) is 10.8. The van der Waals surface area contributed by atoms with E-state index in [0.29, 0.717) is 22.9 Å². The van der Waals surface area contributed by atoms with Crippen LogP contribution in [0.3, 0.4) is 0 Å². The molecule has 0 saturated heterocycles. The van der Waals surface area contributed by atoms with Crippen LogP contribution in [0.1, 0.15) is 69.1 Å². The zero-order valence-electron chi connectivity index (χ0n) is 18.5. The molecule has 2 aromatic rings. The van der Waals surface area contributed by atoms with Crippen LogP contribution in [-0.4, -0.2) is 17.7 Å². The monoisotopic (exact) mass is 405 g/mol. The summed E-state index contributed by atoms with van der Waals surface area (Å²) in [6, 6.07) is 17.5. The van der Waals surface area contributed by atoms with E-state index in [1.54, 1.807) is 0 Å². The molecule has 4 fully saturated rings. The van der Waals surface area contributed by atoms with Crippen LogP contribution in [0.15, 0.2) is 48.5 Å². The average molecular weight is 405 g/mol. The minimum atomic E-state index is 0. The summed E-state index contributed by atoms with van der Waals surface area (Å²) >= 11 is 0. The second-order valence-electron chi connectivity index (χ2n) is 10.8. The van der Waals surface area contributed by atoms with E-state index in [1.165, 1.54) is 55.2 Å². The van der Waals surface area contributed by atoms with Gasteiger partial charge in [0.15, 0.2) is 0 Å². The molecule has 2 atom stereocenters. The van der Waals surface area contributed by atoms with Gasteiger partial charge in [0, 0.05) is 11.0 Å². The van der Waals surface area contributed by atoms with Crippen molar-refractivity contribution in [3.05, 3.63) is 65.2 Å². The molecule has 2 aromatic carbocycles. The Labute approximate surface area is 181 Å². The lowest BCUT2D eigenvalue weighted by Crippen LogP contribution is -2.56. The second kappa shape index (κ2) is 8.05. The highest BCUT2D eigenvalue weighted by atomic mass is 16.5. The van der Waals surface area contributed by atoms with Gasteiger partial charge < -0.3 is 14.8 Å². The van der Waals surface area contributed by atoms with E-state index >= 15 is 0 Å². The zero-order chi connectivity index (χ0) is 21.4. The number of hydrogen-bond acceptors (Lipinski definition) is 3. The van der Waals surface area contributed by atoms with Gasteiger partial charge in [0.1, 0.15) is 12.4 Å². The van der Waals surface area contributed by atoms with Crippen LogP contribution in [0, 0.1) is 23.7 Å². The molecule has 3 nitrogen and oxygen atoms in total. The van der Waals surface area contributed by atoms with Crippen LogP contribution in [0.4, 0.5) is 0 Å². The summed E-state index contributed by atoms with van der Waals surface area (Å²) in [7, 11) is 0. The summed E-state index contributed by atoms with van der Waals surface area (Å²) < 4.78 is 6.43. The van der Waals surface area contributed by atoms with Crippen LogP contribution >= 0.6 is 0 Å². The van der Waals surface area contributed by atoms with Crippen LogP contribution in [0.5, 0.6) is 5.75 Å². The van der Waals surface area contributed by atoms with Crippen molar-refractivity contribution in [1.82, 2.24) is 0 Å². The molecule has 4 heteroatoms. The Hall–Kier alpha value is -1.78. The number of ether oxygens (including phenoxy) is 1. The maximum absolute atomic E-state index is 7.00. The van der Waals surface area contributed by atoms with E-state index in [9.17, 15) is 0 Å². The topological polar surface area (TPSA) is 49.7 Å². The highest BCUT2D eigenvalue weighted by molar-refractivity contribution is 6.13. The summed E-state index contributed by atoms with van der Waals surface area (Å²) in [5, 5.41) is 14.0. The summed E-state index contributed by atoms with van der Waals surface area (Å²) in [4.78, 5) is 0. The molecule has 0 aromatic heterocycles. The molecule has 6 rings (SSSR count). The minimum Gasteiger partial charge on any atom is -0.489 e. The Morgan fingerprint density at radius 2 is 1.57 bits per heavy atom. The number of benzene rings is 2. The molecule has 4 saturated carbocycles. The van der Waals surface area contributed by atoms with Crippen molar-refractivity contribution in [3.63, 3.8) is 0 Å². The van der Waals surface area contributed by atoms with Crippen LogP contribution in [-0.2, 0) is 12.0 Å². The molecular formula is C26H34BO3. The fourth-order valence-electron chi connectivity index (χ4n) is 7.67. The van der Waals surface area contributed by atoms with E-state index in [-0.39, 0.29) is 7.69 Å². The first-order chi connectivity index (χ1) is 14.3. The molecule has 159 valence electrons. The SMILES string of the molecule is Cc1ccc(OCc2ccccc2)c(C23CC4CC(C)(CC(C)(C4)C2)C3)c1.O[B]O. The van der Waals surface area contributed by atoms with E-state index in [0.717, 1.165) is 11.7 Å². The number of hydrogen-bond donors (Lipinski definition) is 2. The Morgan fingerprint density at radius 1 is 0.933 bits per heavy atom. The van der Waals surface area contributed by atoms with Gasteiger partial charge in [-0.05, 0) is 73.8 Å².